The van der Waals surface area contributed by atoms with Gasteiger partial charge < -0.3 is 28.9 Å². The maximum atomic E-state index is 13.9. The van der Waals surface area contributed by atoms with Crippen LogP contribution in [-0.2, 0) is 17.9 Å². The van der Waals surface area contributed by atoms with Gasteiger partial charge in [-0.15, -0.1) is 0 Å². The lowest BCUT2D eigenvalue weighted by molar-refractivity contribution is -0.141. The van der Waals surface area contributed by atoms with Crippen LogP contribution in [0.5, 0.6) is 11.5 Å². The van der Waals surface area contributed by atoms with E-state index in [2.05, 4.69) is 18.8 Å². The number of fused-ring (bicyclic) bond motifs is 1. The third-order valence-electron chi connectivity index (χ3n) is 7.90. The van der Waals surface area contributed by atoms with Crippen LogP contribution in [0.3, 0.4) is 0 Å². The van der Waals surface area contributed by atoms with E-state index in [-0.39, 0.29) is 24.5 Å². The van der Waals surface area contributed by atoms with Gasteiger partial charge in [0.25, 0.3) is 0 Å². The highest BCUT2D eigenvalue weighted by Crippen LogP contribution is 2.35. The summed E-state index contributed by atoms with van der Waals surface area (Å²) < 4.78 is 13.3. The van der Waals surface area contributed by atoms with Gasteiger partial charge in [0, 0.05) is 61.8 Å². The standard InChI is InChI=1S/C30H38ClN5O5/c1-4-5-6-13-41-26-14-22(7-8-25(26)40-3)35-12-10-20(2)36(30(35)39)15-21-9-11-32-29-28(21)24(31)18-34(29)19-27(38)33-16-23(37)17-33/h7-9,11,14,18,20,23,37H,4-6,10,12-13,15-17,19H2,1-3H3. The van der Waals surface area contributed by atoms with Gasteiger partial charge in [-0.2, -0.15) is 0 Å². The van der Waals surface area contributed by atoms with Crippen molar-refractivity contribution in [2.75, 3.05) is 38.3 Å². The zero-order valence-corrected chi connectivity index (χ0v) is 24.6. The number of pyridine rings is 1. The molecule has 4 heterocycles. The molecular formula is C30H38ClN5O5. The molecule has 41 heavy (non-hydrogen) atoms. The Morgan fingerprint density at radius 2 is 2.00 bits per heavy atom. The van der Waals surface area contributed by atoms with Crippen LogP contribution < -0.4 is 14.4 Å². The number of halogens is 1. The molecular weight excluding hydrogens is 546 g/mol. The molecule has 0 aliphatic carbocycles. The van der Waals surface area contributed by atoms with Gasteiger partial charge in [-0.3, -0.25) is 9.69 Å². The van der Waals surface area contributed by atoms with E-state index in [4.69, 9.17) is 21.1 Å². The molecule has 1 atom stereocenters. The van der Waals surface area contributed by atoms with Crippen molar-refractivity contribution in [3.05, 3.63) is 47.2 Å². The summed E-state index contributed by atoms with van der Waals surface area (Å²) in [6, 6.07) is 7.41. The SMILES string of the molecule is CCCCCOc1cc(N2CCC(C)N(Cc3ccnc4c3c(Cl)cn4CC(=O)N3CC(O)C3)C2=O)ccc1OC. The number of hydrogen-bond donors (Lipinski definition) is 1. The van der Waals surface area contributed by atoms with Crippen LogP contribution in [0, 0.1) is 0 Å². The number of urea groups is 1. The number of carbonyl (C=O) groups excluding carboxylic acids is 2. The average Bonchev–Trinajstić information content (AvgIpc) is 3.27. The van der Waals surface area contributed by atoms with E-state index in [1.807, 2.05) is 29.2 Å². The van der Waals surface area contributed by atoms with Crippen LogP contribution in [0.2, 0.25) is 5.02 Å². The molecule has 11 heteroatoms. The molecule has 2 saturated heterocycles. The Morgan fingerprint density at radius 3 is 2.73 bits per heavy atom. The maximum Gasteiger partial charge on any atom is 0.325 e. The van der Waals surface area contributed by atoms with Crippen molar-refractivity contribution in [2.24, 2.45) is 0 Å². The smallest absolute Gasteiger partial charge is 0.325 e. The van der Waals surface area contributed by atoms with Crippen molar-refractivity contribution in [3.63, 3.8) is 0 Å². The fourth-order valence-corrected chi connectivity index (χ4v) is 5.75. The van der Waals surface area contributed by atoms with Crippen LogP contribution in [0.1, 0.15) is 45.1 Å². The summed E-state index contributed by atoms with van der Waals surface area (Å²) >= 11 is 6.67. The monoisotopic (exact) mass is 583 g/mol. The number of likely N-dealkylation sites (tertiary alicyclic amines) is 1. The summed E-state index contributed by atoms with van der Waals surface area (Å²) in [5, 5.41) is 10.8. The Balaban J connectivity index is 1.36. The fraction of sp³-hybridized carbons (Fsp3) is 0.500. The molecule has 0 radical (unpaired) electrons. The topological polar surface area (TPSA) is 100 Å². The largest absolute Gasteiger partial charge is 0.493 e. The van der Waals surface area contributed by atoms with Gasteiger partial charge in [0.1, 0.15) is 12.2 Å². The van der Waals surface area contributed by atoms with Gasteiger partial charge in [-0.05, 0) is 43.5 Å². The maximum absolute atomic E-state index is 13.9. The number of amides is 3. The highest BCUT2D eigenvalue weighted by atomic mass is 35.5. The van der Waals surface area contributed by atoms with E-state index in [0.717, 1.165) is 42.3 Å². The summed E-state index contributed by atoms with van der Waals surface area (Å²) in [7, 11) is 1.61. The predicted octanol–water partition coefficient (Wildman–Crippen LogP) is 4.69. The first-order valence-corrected chi connectivity index (χ1v) is 14.7. The number of ether oxygens (including phenoxy) is 2. The van der Waals surface area contributed by atoms with Crippen LogP contribution in [0.15, 0.2) is 36.7 Å². The van der Waals surface area contributed by atoms with Crippen molar-refractivity contribution in [3.8, 4) is 11.5 Å². The summed E-state index contributed by atoms with van der Waals surface area (Å²) in [5.41, 5.74) is 2.22. The highest BCUT2D eigenvalue weighted by molar-refractivity contribution is 6.35. The van der Waals surface area contributed by atoms with Crippen molar-refractivity contribution >= 4 is 40.3 Å². The molecule has 5 rings (SSSR count). The van der Waals surface area contributed by atoms with Crippen LogP contribution in [0.4, 0.5) is 10.5 Å². The minimum atomic E-state index is -0.458. The number of aliphatic hydroxyl groups excluding tert-OH is 1. The molecule has 3 amide bonds. The first-order valence-electron chi connectivity index (χ1n) is 14.3. The molecule has 3 aromatic rings. The molecule has 1 aromatic carbocycles. The van der Waals surface area contributed by atoms with Crippen LogP contribution in [-0.4, -0.2) is 81.9 Å². The Labute approximate surface area is 245 Å². The Hall–Kier alpha value is -3.50. The number of hydrogen-bond acceptors (Lipinski definition) is 6. The molecule has 0 bridgehead atoms. The Kier molecular flexibility index (Phi) is 8.89. The molecule has 2 fully saturated rings. The molecule has 1 unspecified atom stereocenters. The number of anilines is 1. The quantitative estimate of drug-likeness (QED) is 0.329. The van der Waals surface area contributed by atoms with E-state index in [1.165, 1.54) is 0 Å². The number of carbonyl (C=O) groups is 2. The van der Waals surface area contributed by atoms with E-state index < -0.39 is 6.10 Å². The van der Waals surface area contributed by atoms with Gasteiger partial charge in [0.15, 0.2) is 11.5 Å². The Morgan fingerprint density at radius 1 is 1.20 bits per heavy atom. The van der Waals surface area contributed by atoms with Gasteiger partial charge in [0.2, 0.25) is 5.91 Å². The number of β-amino-alcohol motifs (C(OH)–C–C–N with tert-alkyl or cyclic N) is 1. The number of unbranched alkanes of at least 4 members (excludes halogenated alkanes) is 2. The predicted molar refractivity (Wildman–Crippen MR) is 158 cm³/mol. The lowest BCUT2D eigenvalue weighted by Crippen LogP contribution is -2.54. The normalized spacial score (nSPS) is 17.7. The number of benzene rings is 1. The first kappa shape index (κ1) is 29.0. The molecule has 10 nitrogen and oxygen atoms in total. The highest BCUT2D eigenvalue weighted by Gasteiger charge is 2.33. The summed E-state index contributed by atoms with van der Waals surface area (Å²) in [4.78, 5) is 36.3. The van der Waals surface area contributed by atoms with Gasteiger partial charge in [-0.1, -0.05) is 31.4 Å². The van der Waals surface area contributed by atoms with Gasteiger partial charge in [0.05, 0.1) is 24.8 Å². The molecule has 1 N–H and O–H groups in total. The van der Waals surface area contributed by atoms with E-state index in [1.54, 1.807) is 33.9 Å². The molecule has 2 aliphatic rings. The zero-order valence-electron chi connectivity index (χ0n) is 23.9. The first-order chi connectivity index (χ1) is 19.8. The minimum absolute atomic E-state index is 0.0188. The lowest BCUT2D eigenvalue weighted by atomic mass is 10.1. The van der Waals surface area contributed by atoms with Crippen molar-refractivity contribution in [2.45, 2.75) is 64.8 Å². The molecule has 220 valence electrons. The van der Waals surface area contributed by atoms with Crippen LogP contribution in [0.25, 0.3) is 11.0 Å². The van der Waals surface area contributed by atoms with E-state index in [0.29, 0.717) is 55.0 Å². The number of nitrogens with zero attached hydrogens (tertiary/aromatic N) is 5. The van der Waals surface area contributed by atoms with Crippen LogP contribution >= 0.6 is 11.6 Å². The fourth-order valence-electron chi connectivity index (χ4n) is 5.42. The summed E-state index contributed by atoms with van der Waals surface area (Å²) in [6.45, 7) is 6.51. The second-order valence-corrected chi connectivity index (χ2v) is 11.2. The van der Waals surface area contributed by atoms with Gasteiger partial charge in [-0.25, -0.2) is 9.78 Å². The number of rotatable bonds is 11. The third-order valence-corrected chi connectivity index (χ3v) is 8.19. The second-order valence-electron chi connectivity index (χ2n) is 10.8. The molecule has 0 spiro atoms. The zero-order chi connectivity index (χ0) is 29.1. The number of aromatic nitrogens is 2. The molecule has 2 aromatic heterocycles. The number of methoxy groups -OCH3 is 1. The van der Waals surface area contributed by atoms with Crippen molar-refractivity contribution < 1.29 is 24.2 Å². The molecule has 0 saturated carbocycles. The van der Waals surface area contributed by atoms with E-state index >= 15 is 0 Å². The second kappa shape index (κ2) is 12.6. The van der Waals surface area contributed by atoms with Crippen molar-refractivity contribution in [1.82, 2.24) is 19.4 Å². The van der Waals surface area contributed by atoms with E-state index in [9.17, 15) is 14.7 Å². The lowest BCUT2D eigenvalue weighted by Gasteiger charge is -2.40. The summed E-state index contributed by atoms with van der Waals surface area (Å²) in [6.07, 6.45) is 6.89. The minimum Gasteiger partial charge on any atom is -0.493 e. The van der Waals surface area contributed by atoms with Crippen molar-refractivity contribution in [1.29, 1.82) is 0 Å². The third kappa shape index (κ3) is 6.08. The average molecular weight is 584 g/mol. The molecule has 2 aliphatic heterocycles. The number of aliphatic hydroxyl groups is 1. The van der Waals surface area contributed by atoms with Gasteiger partial charge >= 0.3 is 6.03 Å². The summed E-state index contributed by atoms with van der Waals surface area (Å²) in [5.74, 6) is 1.17. The Bertz CT molecular complexity index is 1410.